The van der Waals surface area contributed by atoms with Crippen molar-refractivity contribution in [1.82, 2.24) is 19.9 Å². The summed E-state index contributed by atoms with van der Waals surface area (Å²) in [5.41, 5.74) is 1.48. The van der Waals surface area contributed by atoms with Crippen LogP contribution in [0.3, 0.4) is 0 Å². The quantitative estimate of drug-likeness (QED) is 0.897. The van der Waals surface area contributed by atoms with Crippen molar-refractivity contribution in [3.05, 3.63) is 42.2 Å². The molecule has 0 radical (unpaired) electrons. The molecule has 6 heteroatoms. The molecule has 0 aliphatic carbocycles. The van der Waals surface area contributed by atoms with Gasteiger partial charge in [0.05, 0.1) is 24.2 Å². The molecule has 2 atom stereocenters. The highest BCUT2D eigenvalue weighted by Crippen LogP contribution is 2.19. The lowest BCUT2D eigenvalue weighted by atomic mass is 9.95. The number of aromatic nitrogens is 3. The number of carbonyl (C=O) groups is 1. The first-order valence-electron chi connectivity index (χ1n) is 7.09. The minimum absolute atomic E-state index is 0.0360. The van der Waals surface area contributed by atoms with Crippen LogP contribution < -0.4 is 0 Å². The number of amides is 1. The Hall–Kier alpha value is -2.21. The molecule has 21 heavy (non-hydrogen) atoms. The Labute approximate surface area is 123 Å². The number of benzene rings is 1. The molecule has 1 aliphatic rings. The van der Waals surface area contributed by atoms with Crippen LogP contribution in [0.15, 0.2) is 36.7 Å². The van der Waals surface area contributed by atoms with Gasteiger partial charge >= 0.3 is 0 Å². The number of aliphatic hydroxyl groups is 1. The van der Waals surface area contributed by atoms with Crippen molar-refractivity contribution in [2.24, 2.45) is 5.92 Å². The molecule has 6 nitrogen and oxygen atoms in total. The van der Waals surface area contributed by atoms with Gasteiger partial charge in [0.1, 0.15) is 0 Å². The first kappa shape index (κ1) is 13.8. The van der Waals surface area contributed by atoms with E-state index >= 15 is 0 Å². The van der Waals surface area contributed by atoms with Crippen molar-refractivity contribution in [1.29, 1.82) is 0 Å². The zero-order valence-corrected chi connectivity index (χ0v) is 11.9. The summed E-state index contributed by atoms with van der Waals surface area (Å²) in [7, 11) is 0. The number of likely N-dealkylation sites (tertiary alicyclic amines) is 1. The minimum atomic E-state index is -0.433. The van der Waals surface area contributed by atoms with Crippen molar-refractivity contribution in [3.8, 4) is 5.69 Å². The Morgan fingerprint density at radius 1 is 1.33 bits per heavy atom. The van der Waals surface area contributed by atoms with Crippen LogP contribution in [0, 0.1) is 5.92 Å². The van der Waals surface area contributed by atoms with Gasteiger partial charge in [-0.25, -0.2) is 4.68 Å². The third-order valence-corrected chi connectivity index (χ3v) is 4.01. The van der Waals surface area contributed by atoms with E-state index in [0.29, 0.717) is 18.7 Å². The molecule has 3 rings (SSSR count). The molecule has 1 N–H and O–H groups in total. The van der Waals surface area contributed by atoms with Crippen LogP contribution in [-0.2, 0) is 0 Å². The van der Waals surface area contributed by atoms with Gasteiger partial charge in [0.15, 0.2) is 0 Å². The van der Waals surface area contributed by atoms with Gasteiger partial charge in [-0.15, -0.1) is 5.10 Å². The normalized spacial score (nSPS) is 22.3. The fraction of sp³-hybridized carbons (Fsp3) is 0.400. The SMILES string of the molecule is CC1CCN(C(=O)c2ccc(-n3ccnn3)cc2)CC1O. The molecule has 1 aliphatic heterocycles. The highest BCUT2D eigenvalue weighted by molar-refractivity contribution is 5.94. The summed E-state index contributed by atoms with van der Waals surface area (Å²) >= 11 is 0. The van der Waals surface area contributed by atoms with E-state index in [4.69, 9.17) is 0 Å². The Morgan fingerprint density at radius 3 is 2.71 bits per heavy atom. The Bertz CT molecular complexity index is 609. The molecule has 0 spiro atoms. The summed E-state index contributed by atoms with van der Waals surface area (Å²) in [5.74, 6) is 0.217. The van der Waals surface area contributed by atoms with E-state index in [2.05, 4.69) is 10.3 Å². The van der Waals surface area contributed by atoms with Crippen LogP contribution in [0.1, 0.15) is 23.7 Å². The zero-order chi connectivity index (χ0) is 14.8. The maximum absolute atomic E-state index is 12.4. The molecule has 2 unspecified atom stereocenters. The van der Waals surface area contributed by atoms with Gasteiger partial charge in [-0.1, -0.05) is 12.1 Å². The summed E-state index contributed by atoms with van der Waals surface area (Å²) in [6, 6.07) is 7.24. The van der Waals surface area contributed by atoms with E-state index < -0.39 is 6.10 Å². The molecule has 1 amide bonds. The van der Waals surface area contributed by atoms with Crippen molar-refractivity contribution in [3.63, 3.8) is 0 Å². The fourth-order valence-corrected chi connectivity index (χ4v) is 2.52. The number of β-amino-alcohol motifs (C(OH)–C–C–N with tert-alkyl or cyclic N) is 1. The number of rotatable bonds is 2. The Morgan fingerprint density at radius 2 is 2.10 bits per heavy atom. The molecule has 1 fully saturated rings. The fourth-order valence-electron chi connectivity index (χ4n) is 2.52. The molecule has 2 aromatic rings. The number of hydrogen-bond acceptors (Lipinski definition) is 4. The summed E-state index contributed by atoms with van der Waals surface area (Å²) in [6.07, 6.45) is 3.76. The number of carbonyl (C=O) groups excluding carboxylic acids is 1. The van der Waals surface area contributed by atoms with E-state index in [1.165, 1.54) is 0 Å². The zero-order valence-electron chi connectivity index (χ0n) is 11.9. The van der Waals surface area contributed by atoms with Gasteiger partial charge in [0.25, 0.3) is 5.91 Å². The van der Waals surface area contributed by atoms with E-state index in [0.717, 1.165) is 12.1 Å². The van der Waals surface area contributed by atoms with E-state index in [1.807, 2.05) is 19.1 Å². The van der Waals surface area contributed by atoms with Crippen molar-refractivity contribution < 1.29 is 9.90 Å². The molecule has 2 heterocycles. The van der Waals surface area contributed by atoms with Gasteiger partial charge in [0, 0.05) is 18.7 Å². The molecule has 1 saturated heterocycles. The number of aliphatic hydroxyl groups excluding tert-OH is 1. The second kappa shape index (κ2) is 5.65. The van der Waals surface area contributed by atoms with Crippen LogP contribution in [-0.4, -0.2) is 50.1 Å². The second-order valence-electron chi connectivity index (χ2n) is 5.48. The first-order valence-corrected chi connectivity index (χ1v) is 7.09. The summed E-state index contributed by atoms with van der Waals surface area (Å²) in [5, 5.41) is 17.6. The minimum Gasteiger partial charge on any atom is -0.391 e. The molecule has 110 valence electrons. The van der Waals surface area contributed by atoms with Crippen molar-refractivity contribution >= 4 is 5.91 Å². The topological polar surface area (TPSA) is 71.2 Å². The second-order valence-corrected chi connectivity index (χ2v) is 5.48. The molecule has 1 aromatic heterocycles. The standard InChI is InChI=1S/C15H18N4O2/c1-11-6-8-18(10-14(11)20)15(21)12-2-4-13(5-3-12)19-9-7-16-17-19/h2-5,7,9,11,14,20H,6,8,10H2,1H3. The monoisotopic (exact) mass is 286 g/mol. The van der Waals surface area contributed by atoms with Gasteiger partial charge < -0.3 is 10.0 Å². The molecular weight excluding hydrogens is 268 g/mol. The van der Waals surface area contributed by atoms with Gasteiger partial charge in [-0.3, -0.25) is 4.79 Å². The summed E-state index contributed by atoms with van der Waals surface area (Å²) in [6.45, 7) is 3.12. The maximum atomic E-state index is 12.4. The van der Waals surface area contributed by atoms with Crippen LogP contribution in [0.25, 0.3) is 5.69 Å². The summed E-state index contributed by atoms with van der Waals surface area (Å²) in [4.78, 5) is 14.1. The Kier molecular flexibility index (Phi) is 3.70. The van der Waals surface area contributed by atoms with Gasteiger partial charge in [-0.2, -0.15) is 0 Å². The Balaban J connectivity index is 1.73. The lowest BCUT2D eigenvalue weighted by molar-refractivity contribution is 0.0248. The lowest BCUT2D eigenvalue weighted by Crippen LogP contribution is -2.45. The molecule has 0 bridgehead atoms. The first-order chi connectivity index (χ1) is 10.1. The predicted molar refractivity (Wildman–Crippen MR) is 77.1 cm³/mol. The van der Waals surface area contributed by atoms with E-state index in [1.54, 1.807) is 34.1 Å². The van der Waals surface area contributed by atoms with E-state index in [9.17, 15) is 9.90 Å². The molecule has 0 saturated carbocycles. The smallest absolute Gasteiger partial charge is 0.253 e. The van der Waals surface area contributed by atoms with Crippen LogP contribution >= 0.6 is 0 Å². The van der Waals surface area contributed by atoms with Crippen molar-refractivity contribution in [2.75, 3.05) is 13.1 Å². The highest BCUT2D eigenvalue weighted by Gasteiger charge is 2.27. The predicted octanol–water partition coefficient (Wildman–Crippen LogP) is 1.11. The van der Waals surface area contributed by atoms with Crippen LogP contribution in [0.2, 0.25) is 0 Å². The third kappa shape index (κ3) is 2.80. The molecular formula is C15H18N4O2. The third-order valence-electron chi connectivity index (χ3n) is 4.01. The molecule has 1 aromatic carbocycles. The van der Waals surface area contributed by atoms with E-state index in [-0.39, 0.29) is 11.8 Å². The average molecular weight is 286 g/mol. The van der Waals surface area contributed by atoms with Gasteiger partial charge in [0.2, 0.25) is 0 Å². The average Bonchev–Trinajstić information content (AvgIpc) is 3.04. The lowest BCUT2D eigenvalue weighted by Gasteiger charge is -2.34. The largest absolute Gasteiger partial charge is 0.391 e. The summed E-state index contributed by atoms with van der Waals surface area (Å²) < 4.78 is 1.64. The van der Waals surface area contributed by atoms with Crippen LogP contribution in [0.5, 0.6) is 0 Å². The number of hydrogen-bond donors (Lipinski definition) is 1. The number of piperidine rings is 1. The highest BCUT2D eigenvalue weighted by atomic mass is 16.3. The number of nitrogens with zero attached hydrogens (tertiary/aromatic N) is 4. The van der Waals surface area contributed by atoms with Gasteiger partial charge in [-0.05, 0) is 36.6 Å². The van der Waals surface area contributed by atoms with Crippen molar-refractivity contribution in [2.45, 2.75) is 19.4 Å². The maximum Gasteiger partial charge on any atom is 0.253 e. The van der Waals surface area contributed by atoms with Crippen LogP contribution in [0.4, 0.5) is 0 Å².